The van der Waals surface area contributed by atoms with Crippen LogP contribution in [0.2, 0.25) is 0 Å². The predicted octanol–water partition coefficient (Wildman–Crippen LogP) is -0.115. The summed E-state index contributed by atoms with van der Waals surface area (Å²) in [5.74, 6) is 0.402. The fourth-order valence-corrected chi connectivity index (χ4v) is 1.35. The molecule has 1 aliphatic heterocycles. The maximum atomic E-state index is 9.08. The van der Waals surface area contributed by atoms with E-state index in [1.807, 2.05) is 0 Å². The van der Waals surface area contributed by atoms with Gasteiger partial charge in [-0.1, -0.05) is 13.8 Å². The molecule has 0 bridgehead atoms. The van der Waals surface area contributed by atoms with Crippen LogP contribution in [0.25, 0.3) is 0 Å². The molecule has 0 radical (unpaired) electrons. The lowest BCUT2D eigenvalue weighted by molar-refractivity contribution is -0.0118. The summed E-state index contributed by atoms with van der Waals surface area (Å²) in [6.45, 7) is 4.80. The molecule has 1 fully saturated rings. The highest BCUT2D eigenvalue weighted by Gasteiger charge is 2.37. The van der Waals surface area contributed by atoms with Gasteiger partial charge in [0.05, 0.1) is 25.9 Å². The summed E-state index contributed by atoms with van der Waals surface area (Å²) in [6.07, 6.45) is 0. The zero-order valence-electron chi connectivity index (χ0n) is 8.08. The Morgan fingerprint density at radius 3 is 2.92 bits per heavy atom. The lowest BCUT2D eigenvalue weighted by Gasteiger charge is -2.37. The van der Waals surface area contributed by atoms with Crippen molar-refractivity contribution in [2.45, 2.75) is 25.4 Å². The molecule has 4 heteroatoms. The number of hydrogen-bond donors (Lipinski definition) is 2. The van der Waals surface area contributed by atoms with E-state index in [4.69, 9.17) is 15.1 Å². The molecule has 74 valence electrons. The average molecular weight is 184 g/mol. The van der Waals surface area contributed by atoms with Gasteiger partial charge in [-0.05, 0) is 5.92 Å². The summed E-state index contributed by atoms with van der Waals surface area (Å²) in [7, 11) is 0. The van der Waals surface area contributed by atoms with Gasteiger partial charge in [-0.2, -0.15) is 5.26 Å². The van der Waals surface area contributed by atoms with Crippen LogP contribution in [0.5, 0.6) is 0 Å². The minimum atomic E-state index is -0.896. The van der Waals surface area contributed by atoms with Crippen molar-refractivity contribution in [1.29, 1.82) is 5.26 Å². The smallest absolute Gasteiger partial charge is 0.153 e. The third-order valence-corrected chi connectivity index (χ3v) is 2.40. The third-order valence-electron chi connectivity index (χ3n) is 2.40. The second-order valence-electron chi connectivity index (χ2n) is 3.86. The molecule has 4 nitrogen and oxygen atoms in total. The van der Waals surface area contributed by atoms with Crippen molar-refractivity contribution < 1.29 is 9.84 Å². The number of ether oxygens (including phenoxy) is 1. The summed E-state index contributed by atoms with van der Waals surface area (Å²) in [6, 6.07) is 2.22. The van der Waals surface area contributed by atoms with E-state index >= 15 is 0 Å². The lowest BCUT2D eigenvalue weighted by Crippen LogP contribution is -2.61. The molecule has 0 aromatic heterocycles. The van der Waals surface area contributed by atoms with Gasteiger partial charge in [-0.15, -0.1) is 0 Å². The van der Waals surface area contributed by atoms with Gasteiger partial charge in [-0.3, -0.25) is 5.32 Å². The highest BCUT2D eigenvalue weighted by atomic mass is 16.5. The quantitative estimate of drug-likeness (QED) is 0.628. The van der Waals surface area contributed by atoms with Crippen LogP contribution in [-0.2, 0) is 4.74 Å². The maximum Gasteiger partial charge on any atom is 0.153 e. The zero-order chi connectivity index (χ0) is 9.90. The minimum Gasteiger partial charge on any atom is -0.393 e. The molecule has 1 saturated heterocycles. The normalized spacial score (nSPS) is 34.5. The van der Waals surface area contributed by atoms with Gasteiger partial charge in [-0.25, -0.2) is 0 Å². The van der Waals surface area contributed by atoms with Crippen molar-refractivity contribution in [3.63, 3.8) is 0 Å². The van der Waals surface area contributed by atoms with E-state index < -0.39 is 5.54 Å². The van der Waals surface area contributed by atoms with Gasteiger partial charge >= 0.3 is 0 Å². The Morgan fingerprint density at radius 2 is 2.46 bits per heavy atom. The van der Waals surface area contributed by atoms with Crippen LogP contribution in [0.4, 0.5) is 0 Å². The molecule has 0 saturated carbocycles. The molecule has 1 rings (SSSR count). The van der Waals surface area contributed by atoms with Crippen molar-refractivity contribution in [2.75, 3.05) is 19.8 Å². The standard InChI is InChI=1S/C9H16N2O2/c1-7(2)8-3-13-6-9(4-10,5-12)11-8/h7-8,11-12H,3,5-6H2,1-2H3/t8-,9?/m0/s1. The van der Waals surface area contributed by atoms with Crippen LogP contribution in [0.15, 0.2) is 0 Å². The van der Waals surface area contributed by atoms with Crippen molar-refractivity contribution in [1.82, 2.24) is 5.32 Å². The summed E-state index contributed by atoms with van der Waals surface area (Å²) in [5, 5.41) is 21.1. The molecule has 1 unspecified atom stereocenters. The largest absolute Gasteiger partial charge is 0.393 e. The Kier molecular flexibility index (Phi) is 3.26. The molecular weight excluding hydrogens is 168 g/mol. The molecule has 0 aromatic rings. The molecular formula is C9H16N2O2. The molecule has 0 aromatic carbocycles. The number of nitrogens with one attached hydrogen (secondary N) is 1. The van der Waals surface area contributed by atoms with E-state index in [1.165, 1.54) is 0 Å². The molecule has 0 spiro atoms. The summed E-state index contributed by atoms with van der Waals surface area (Å²) in [5.41, 5.74) is -0.896. The number of morpholine rings is 1. The van der Waals surface area contributed by atoms with Crippen LogP contribution in [0.1, 0.15) is 13.8 Å². The first-order chi connectivity index (χ1) is 6.13. The van der Waals surface area contributed by atoms with E-state index in [9.17, 15) is 0 Å². The first-order valence-electron chi connectivity index (χ1n) is 4.51. The number of hydrogen-bond acceptors (Lipinski definition) is 4. The second kappa shape index (κ2) is 4.05. The van der Waals surface area contributed by atoms with E-state index in [1.54, 1.807) is 0 Å². The van der Waals surface area contributed by atoms with Crippen molar-refractivity contribution in [2.24, 2.45) is 5.92 Å². The fraction of sp³-hybridized carbons (Fsp3) is 0.889. The minimum absolute atomic E-state index is 0.153. The second-order valence-corrected chi connectivity index (χ2v) is 3.86. The number of nitrogens with zero attached hydrogens (tertiary/aromatic N) is 1. The summed E-state index contributed by atoms with van der Waals surface area (Å²) in [4.78, 5) is 0. The zero-order valence-corrected chi connectivity index (χ0v) is 8.08. The lowest BCUT2D eigenvalue weighted by atomic mass is 9.96. The van der Waals surface area contributed by atoms with Gasteiger partial charge in [0.2, 0.25) is 0 Å². The highest BCUT2D eigenvalue weighted by molar-refractivity contribution is 5.10. The Morgan fingerprint density at radius 1 is 1.77 bits per heavy atom. The molecule has 2 N–H and O–H groups in total. The highest BCUT2D eigenvalue weighted by Crippen LogP contribution is 2.15. The van der Waals surface area contributed by atoms with E-state index in [2.05, 4.69) is 25.2 Å². The molecule has 0 amide bonds. The molecule has 13 heavy (non-hydrogen) atoms. The van der Waals surface area contributed by atoms with E-state index in [0.29, 0.717) is 12.5 Å². The Bertz CT molecular complexity index is 212. The Hall–Kier alpha value is -0.630. The number of aliphatic hydroxyl groups is 1. The van der Waals surface area contributed by atoms with Crippen LogP contribution in [0, 0.1) is 17.2 Å². The summed E-state index contributed by atoms with van der Waals surface area (Å²) < 4.78 is 5.30. The number of aliphatic hydroxyl groups excluding tert-OH is 1. The number of nitriles is 1. The molecule has 0 aliphatic carbocycles. The fourth-order valence-electron chi connectivity index (χ4n) is 1.35. The van der Waals surface area contributed by atoms with Crippen LogP contribution >= 0.6 is 0 Å². The van der Waals surface area contributed by atoms with Gasteiger partial charge in [0.25, 0.3) is 0 Å². The monoisotopic (exact) mass is 184 g/mol. The van der Waals surface area contributed by atoms with Crippen LogP contribution in [0.3, 0.4) is 0 Å². The third kappa shape index (κ3) is 2.19. The van der Waals surface area contributed by atoms with Crippen LogP contribution in [-0.4, -0.2) is 36.5 Å². The topological polar surface area (TPSA) is 65.3 Å². The number of rotatable bonds is 2. The Balaban J connectivity index is 2.65. The van der Waals surface area contributed by atoms with Crippen LogP contribution < -0.4 is 5.32 Å². The predicted molar refractivity (Wildman–Crippen MR) is 48.0 cm³/mol. The average Bonchev–Trinajstić information content (AvgIpc) is 2.18. The van der Waals surface area contributed by atoms with Gasteiger partial charge in [0, 0.05) is 6.04 Å². The van der Waals surface area contributed by atoms with Gasteiger partial charge in [0.15, 0.2) is 5.54 Å². The maximum absolute atomic E-state index is 9.08. The van der Waals surface area contributed by atoms with Gasteiger partial charge < -0.3 is 9.84 Å². The van der Waals surface area contributed by atoms with E-state index in [0.717, 1.165) is 0 Å². The molecule has 1 aliphatic rings. The summed E-state index contributed by atoms with van der Waals surface area (Å²) >= 11 is 0. The molecule has 2 atom stereocenters. The first-order valence-corrected chi connectivity index (χ1v) is 4.51. The molecule has 1 heterocycles. The Labute approximate surface area is 78.5 Å². The van der Waals surface area contributed by atoms with Gasteiger partial charge in [0.1, 0.15) is 0 Å². The first kappa shape index (κ1) is 10.5. The SMILES string of the molecule is CC(C)[C@@H]1COCC(C#N)(CO)N1. The van der Waals surface area contributed by atoms with E-state index in [-0.39, 0.29) is 19.3 Å². The van der Waals surface area contributed by atoms with Crippen molar-refractivity contribution >= 4 is 0 Å². The van der Waals surface area contributed by atoms with Crippen molar-refractivity contribution in [3.05, 3.63) is 0 Å². The van der Waals surface area contributed by atoms with Crippen molar-refractivity contribution in [3.8, 4) is 6.07 Å².